The highest BCUT2D eigenvalue weighted by Gasteiger charge is 2.52. The summed E-state index contributed by atoms with van der Waals surface area (Å²) in [6.07, 6.45) is -2.46. The molecule has 0 bridgehead atoms. The summed E-state index contributed by atoms with van der Waals surface area (Å²) in [5, 5.41) is 11.2. The Morgan fingerprint density at radius 1 is 1.23 bits per heavy atom. The molecule has 6 heteroatoms. The fraction of sp³-hybridized carbons (Fsp3) is 0.500. The topological polar surface area (TPSA) is 66.4 Å². The normalized spacial score (nSPS) is 17.1. The van der Waals surface area contributed by atoms with Crippen LogP contribution in [-0.2, 0) is 15.0 Å². The van der Waals surface area contributed by atoms with Crippen molar-refractivity contribution in [3.05, 3.63) is 34.9 Å². The van der Waals surface area contributed by atoms with Crippen molar-refractivity contribution in [1.29, 1.82) is 0 Å². The first kappa shape index (κ1) is 16.4. The molecule has 2 rings (SSSR count). The minimum absolute atomic E-state index is 0.481. The molecule has 1 aliphatic carbocycles. The van der Waals surface area contributed by atoms with Crippen molar-refractivity contribution in [3.8, 4) is 0 Å². The first-order valence-electron chi connectivity index (χ1n) is 7.15. The van der Waals surface area contributed by atoms with E-state index in [4.69, 9.17) is 5.11 Å². The van der Waals surface area contributed by atoms with Crippen molar-refractivity contribution in [3.63, 3.8) is 0 Å². The van der Waals surface area contributed by atoms with Crippen LogP contribution in [0.3, 0.4) is 0 Å². The molecule has 1 aliphatic rings. The van der Waals surface area contributed by atoms with Gasteiger partial charge in [0.1, 0.15) is 6.04 Å². The highest BCUT2D eigenvalue weighted by molar-refractivity contribution is 5.94. The number of hydrogen-bond donors (Lipinski definition) is 2. The molecular formula is C16H19F2NO3. The molecule has 1 aromatic rings. The second kappa shape index (κ2) is 6.02. The van der Waals surface area contributed by atoms with Gasteiger partial charge in [-0.05, 0) is 32.3 Å². The van der Waals surface area contributed by atoms with Gasteiger partial charge in [-0.3, -0.25) is 4.79 Å². The summed E-state index contributed by atoms with van der Waals surface area (Å²) in [4.78, 5) is 23.4. The van der Waals surface area contributed by atoms with Gasteiger partial charge in [0.25, 0.3) is 0 Å². The fourth-order valence-corrected chi connectivity index (χ4v) is 2.72. The Balaban J connectivity index is 2.19. The lowest BCUT2D eigenvalue weighted by Crippen LogP contribution is -2.46. The van der Waals surface area contributed by atoms with E-state index in [1.54, 1.807) is 0 Å². The molecule has 120 valence electrons. The van der Waals surface area contributed by atoms with E-state index in [-0.39, 0.29) is 0 Å². The zero-order valence-corrected chi connectivity index (χ0v) is 12.5. The number of alkyl halides is 2. The number of carboxylic acids is 1. The van der Waals surface area contributed by atoms with Crippen molar-refractivity contribution < 1.29 is 23.5 Å². The Hall–Kier alpha value is -1.98. The number of carbonyl (C=O) groups is 2. The summed E-state index contributed by atoms with van der Waals surface area (Å²) in [5.41, 5.74) is 2.07. The average Bonchev–Trinajstić information content (AvgIpc) is 3.17. The number of rotatable bonds is 6. The molecule has 22 heavy (non-hydrogen) atoms. The monoisotopic (exact) mass is 311 g/mol. The largest absolute Gasteiger partial charge is 0.480 e. The maximum absolute atomic E-state index is 12.4. The van der Waals surface area contributed by atoms with Crippen LogP contribution in [0, 0.1) is 13.8 Å². The van der Waals surface area contributed by atoms with Crippen LogP contribution in [0.5, 0.6) is 0 Å². The summed E-state index contributed by atoms with van der Waals surface area (Å²) in [7, 11) is 0. The van der Waals surface area contributed by atoms with Gasteiger partial charge in [0.05, 0.1) is 5.41 Å². The molecule has 1 amide bonds. The third kappa shape index (κ3) is 3.43. The van der Waals surface area contributed by atoms with Gasteiger partial charge >= 0.3 is 5.97 Å². The predicted octanol–water partition coefficient (Wildman–Crippen LogP) is 2.56. The van der Waals surface area contributed by atoms with E-state index in [0.29, 0.717) is 12.8 Å². The Labute approximate surface area is 127 Å². The van der Waals surface area contributed by atoms with Crippen molar-refractivity contribution >= 4 is 11.9 Å². The SMILES string of the molecule is Cc1cc(C)cc(C2(C(=O)NC(CC(F)F)C(=O)O)CC2)c1. The van der Waals surface area contributed by atoms with Crippen molar-refractivity contribution in [1.82, 2.24) is 5.32 Å². The fourth-order valence-electron chi connectivity index (χ4n) is 2.72. The number of aliphatic carboxylic acids is 1. The second-order valence-electron chi connectivity index (χ2n) is 5.95. The number of carbonyl (C=O) groups excluding carboxylic acids is 1. The number of halogens is 2. The minimum Gasteiger partial charge on any atom is -0.480 e. The molecule has 0 radical (unpaired) electrons. The van der Waals surface area contributed by atoms with Gasteiger partial charge in [0, 0.05) is 6.42 Å². The summed E-state index contributed by atoms with van der Waals surface area (Å²) in [5.74, 6) is -1.92. The third-order valence-electron chi connectivity index (χ3n) is 3.98. The molecule has 1 unspecified atom stereocenters. The number of hydrogen-bond acceptors (Lipinski definition) is 2. The molecule has 0 saturated heterocycles. The summed E-state index contributed by atoms with van der Waals surface area (Å²) in [6, 6.07) is 4.20. The molecule has 1 saturated carbocycles. The van der Waals surface area contributed by atoms with E-state index in [2.05, 4.69) is 5.32 Å². The van der Waals surface area contributed by atoms with Crippen LogP contribution in [0.15, 0.2) is 18.2 Å². The zero-order valence-electron chi connectivity index (χ0n) is 12.5. The summed E-state index contributed by atoms with van der Waals surface area (Å²) in [6.45, 7) is 3.84. The van der Waals surface area contributed by atoms with E-state index in [0.717, 1.165) is 16.7 Å². The van der Waals surface area contributed by atoms with Crippen LogP contribution in [0.1, 0.15) is 36.0 Å². The van der Waals surface area contributed by atoms with E-state index in [9.17, 15) is 18.4 Å². The Kier molecular flexibility index (Phi) is 4.49. The van der Waals surface area contributed by atoms with E-state index in [1.807, 2.05) is 32.0 Å². The molecule has 2 N–H and O–H groups in total. The van der Waals surface area contributed by atoms with Crippen LogP contribution in [0.4, 0.5) is 8.78 Å². The zero-order chi connectivity index (χ0) is 16.5. The van der Waals surface area contributed by atoms with Gasteiger partial charge in [-0.2, -0.15) is 0 Å². The van der Waals surface area contributed by atoms with E-state index >= 15 is 0 Å². The number of amides is 1. The Morgan fingerprint density at radius 3 is 2.18 bits per heavy atom. The Morgan fingerprint density at radius 2 is 1.77 bits per heavy atom. The van der Waals surface area contributed by atoms with Crippen molar-refractivity contribution in [2.75, 3.05) is 0 Å². The van der Waals surface area contributed by atoms with Crippen LogP contribution in [-0.4, -0.2) is 29.5 Å². The van der Waals surface area contributed by atoms with Gasteiger partial charge in [-0.25, -0.2) is 13.6 Å². The molecule has 1 aromatic carbocycles. The molecule has 1 fully saturated rings. The van der Waals surface area contributed by atoms with Gasteiger partial charge in [0.15, 0.2) is 0 Å². The lowest BCUT2D eigenvalue weighted by Gasteiger charge is -2.20. The number of nitrogens with one attached hydrogen (secondary N) is 1. The van der Waals surface area contributed by atoms with Crippen LogP contribution in [0.2, 0.25) is 0 Å². The van der Waals surface area contributed by atoms with Gasteiger partial charge in [-0.15, -0.1) is 0 Å². The molecule has 0 aromatic heterocycles. The van der Waals surface area contributed by atoms with Gasteiger partial charge < -0.3 is 10.4 Å². The number of benzene rings is 1. The summed E-state index contributed by atoms with van der Waals surface area (Å²) < 4.78 is 24.8. The lowest BCUT2D eigenvalue weighted by atomic mass is 9.91. The van der Waals surface area contributed by atoms with Crippen LogP contribution >= 0.6 is 0 Å². The number of aryl methyl sites for hydroxylation is 2. The van der Waals surface area contributed by atoms with Crippen molar-refractivity contribution in [2.24, 2.45) is 0 Å². The first-order valence-corrected chi connectivity index (χ1v) is 7.15. The molecule has 0 spiro atoms. The maximum atomic E-state index is 12.4. The highest BCUT2D eigenvalue weighted by Crippen LogP contribution is 2.49. The first-order chi connectivity index (χ1) is 10.2. The average molecular weight is 311 g/mol. The van der Waals surface area contributed by atoms with Crippen molar-refractivity contribution in [2.45, 2.75) is 51.0 Å². The number of carboxylic acid groups (broad SMARTS) is 1. The third-order valence-corrected chi connectivity index (χ3v) is 3.98. The predicted molar refractivity (Wildman–Crippen MR) is 77.0 cm³/mol. The molecular weight excluding hydrogens is 292 g/mol. The van der Waals surface area contributed by atoms with Crippen LogP contribution < -0.4 is 5.32 Å². The lowest BCUT2D eigenvalue weighted by molar-refractivity contribution is -0.143. The standard InChI is InChI=1S/C16H19F2NO3/c1-9-5-10(2)7-11(6-9)16(3-4-16)15(22)19-12(14(20)21)8-13(17)18/h5-7,12-13H,3-4,8H2,1-2H3,(H,19,22)(H,20,21). The maximum Gasteiger partial charge on any atom is 0.326 e. The van der Waals surface area contributed by atoms with Crippen LogP contribution in [0.25, 0.3) is 0 Å². The summed E-state index contributed by atoms with van der Waals surface area (Å²) >= 11 is 0. The molecule has 0 aliphatic heterocycles. The Bertz CT molecular complexity index is 577. The molecule has 1 atom stereocenters. The van der Waals surface area contributed by atoms with Gasteiger partial charge in [0.2, 0.25) is 12.3 Å². The minimum atomic E-state index is -2.78. The molecule has 4 nitrogen and oxygen atoms in total. The second-order valence-corrected chi connectivity index (χ2v) is 5.95. The highest BCUT2D eigenvalue weighted by atomic mass is 19.3. The molecule has 0 heterocycles. The smallest absolute Gasteiger partial charge is 0.326 e. The van der Waals surface area contributed by atoms with E-state index < -0.39 is 36.2 Å². The van der Waals surface area contributed by atoms with E-state index in [1.165, 1.54) is 0 Å². The van der Waals surface area contributed by atoms with Gasteiger partial charge in [-0.1, -0.05) is 29.3 Å². The quantitative estimate of drug-likeness (QED) is 0.848.